The number of hydrogen-bond donors (Lipinski definition) is 1. The number of ether oxygens (including phenoxy) is 1. The van der Waals surface area contributed by atoms with Crippen molar-refractivity contribution in [3.05, 3.63) is 0 Å². The van der Waals surface area contributed by atoms with Gasteiger partial charge < -0.3 is 9.64 Å². The fourth-order valence-electron chi connectivity index (χ4n) is 3.03. The summed E-state index contributed by atoms with van der Waals surface area (Å²) in [5, 5.41) is -0.369. The predicted octanol–water partition coefficient (Wildman–Crippen LogP) is 1.21. The third-order valence-corrected chi connectivity index (χ3v) is 6.37. The van der Waals surface area contributed by atoms with Crippen LogP contribution in [0.2, 0.25) is 0 Å². The van der Waals surface area contributed by atoms with Gasteiger partial charge in [-0.3, -0.25) is 0 Å². The molecule has 2 fully saturated rings. The zero-order chi connectivity index (χ0) is 14.6. The van der Waals surface area contributed by atoms with Gasteiger partial charge in [0.05, 0.1) is 5.25 Å². The Labute approximate surface area is 123 Å². The second-order valence-corrected chi connectivity index (χ2v) is 8.83. The van der Waals surface area contributed by atoms with Gasteiger partial charge in [-0.1, -0.05) is 0 Å². The van der Waals surface area contributed by atoms with E-state index in [0.717, 1.165) is 45.7 Å². The van der Waals surface area contributed by atoms with Gasteiger partial charge in [-0.2, -0.15) is 0 Å². The minimum Gasteiger partial charge on any atom is -0.381 e. The smallest absolute Gasteiger partial charge is 0.213 e. The maximum Gasteiger partial charge on any atom is 0.213 e. The summed E-state index contributed by atoms with van der Waals surface area (Å²) >= 11 is 0. The standard InChI is InChI=1S/C14H28N2O3S/c1-13(2)20(17,18)15-11-14(5-9-19-10-6-14)12-16-7-3-4-8-16/h13,15H,3-12H2,1-2H3. The van der Waals surface area contributed by atoms with Gasteiger partial charge in [0.2, 0.25) is 10.0 Å². The van der Waals surface area contributed by atoms with Gasteiger partial charge >= 0.3 is 0 Å². The van der Waals surface area contributed by atoms with Crippen LogP contribution in [0.1, 0.15) is 39.5 Å². The summed E-state index contributed by atoms with van der Waals surface area (Å²) in [6, 6.07) is 0. The first-order valence-electron chi connectivity index (χ1n) is 7.72. The zero-order valence-electron chi connectivity index (χ0n) is 12.7. The molecule has 2 aliphatic heterocycles. The average Bonchev–Trinajstić information content (AvgIpc) is 2.90. The van der Waals surface area contributed by atoms with Gasteiger partial charge in [0, 0.05) is 31.7 Å². The molecule has 1 N–H and O–H groups in total. The van der Waals surface area contributed by atoms with Gasteiger partial charge in [-0.15, -0.1) is 0 Å². The topological polar surface area (TPSA) is 58.6 Å². The van der Waals surface area contributed by atoms with E-state index in [4.69, 9.17) is 4.74 Å². The van der Waals surface area contributed by atoms with Crippen molar-refractivity contribution in [3.8, 4) is 0 Å². The lowest BCUT2D eigenvalue weighted by atomic mass is 9.80. The molecule has 2 heterocycles. The lowest BCUT2D eigenvalue weighted by Gasteiger charge is -2.40. The van der Waals surface area contributed by atoms with Crippen LogP contribution in [0.25, 0.3) is 0 Å². The summed E-state index contributed by atoms with van der Waals surface area (Å²) in [5.41, 5.74) is 0.0462. The summed E-state index contributed by atoms with van der Waals surface area (Å²) in [7, 11) is -3.18. The van der Waals surface area contributed by atoms with E-state index in [2.05, 4.69) is 9.62 Å². The molecule has 0 unspecified atom stereocenters. The molecule has 20 heavy (non-hydrogen) atoms. The SMILES string of the molecule is CC(C)S(=O)(=O)NCC1(CN2CCCC2)CCOCC1. The van der Waals surface area contributed by atoms with Crippen molar-refractivity contribution in [2.24, 2.45) is 5.41 Å². The van der Waals surface area contributed by atoms with Gasteiger partial charge in [0.1, 0.15) is 0 Å². The van der Waals surface area contributed by atoms with Crippen LogP contribution in [-0.4, -0.2) is 58.0 Å². The Morgan fingerprint density at radius 2 is 1.80 bits per heavy atom. The lowest BCUT2D eigenvalue weighted by molar-refractivity contribution is 0.00155. The minimum absolute atomic E-state index is 0.0462. The molecule has 5 nitrogen and oxygen atoms in total. The normalized spacial score (nSPS) is 24.4. The number of sulfonamides is 1. The van der Waals surface area contributed by atoms with E-state index < -0.39 is 10.0 Å². The van der Waals surface area contributed by atoms with Crippen LogP contribution in [0.5, 0.6) is 0 Å². The fourth-order valence-corrected chi connectivity index (χ4v) is 3.87. The number of rotatable bonds is 6. The molecule has 0 atom stereocenters. The van der Waals surface area contributed by atoms with E-state index in [1.54, 1.807) is 13.8 Å². The van der Waals surface area contributed by atoms with Crippen molar-refractivity contribution in [1.29, 1.82) is 0 Å². The van der Waals surface area contributed by atoms with E-state index in [0.29, 0.717) is 6.54 Å². The highest BCUT2D eigenvalue weighted by Gasteiger charge is 2.36. The van der Waals surface area contributed by atoms with Crippen LogP contribution in [-0.2, 0) is 14.8 Å². The minimum atomic E-state index is -3.18. The summed E-state index contributed by atoms with van der Waals surface area (Å²) in [6.45, 7) is 8.79. The summed E-state index contributed by atoms with van der Waals surface area (Å²) < 4.78 is 32.3. The van der Waals surface area contributed by atoms with Crippen molar-refractivity contribution in [2.75, 3.05) is 39.4 Å². The largest absolute Gasteiger partial charge is 0.381 e. The number of likely N-dealkylation sites (tertiary alicyclic amines) is 1. The van der Waals surface area contributed by atoms with Gasteiger partial charge in [-0.25, -0.2) is 13.1 Å². The van der Waals surface area contributed by atoms with Crippen LogP contribution in [0.15, 0.2) is 0 Å². The molecule has 2 aliphatic rings. The molecule has 118 valence electrons. The van der Waals surface area contributed by atoms with Crippen LogP contribution in [0, 0.1) is 5.41 Å². The van der Waals surface area contributed by atoms with E-state index in [-0.39, 0.29) is 10.7 Å². The highest BCUT2D eigenvalue weighted by molar-refractivity contribution is 7.90. The molecule has 0 bridgehead atoms. The second kappa shape index (κ2) is 6.73. The molecule has 0 aromatic carbocycles. The molecule has 0 aromatic rings. The van der Waals surface area contributed by atoms with Crippen LogP contribution in [0.3, 0.4) is 0 Å². The van der Waals surface area contributed by atoms with Crippen LogP contribution in [0.4, 0.5) is 0 Å². The Kier molecular flexibility index (Phi) is 5.45. The monoisotopic (exact) mass is 304 g/mol. The van der Waals surface area contributed by atoms with Crippen molar-refractivity contribution in [1.82, 2.24) is 9.62 Å². The van der Waals surface area contributed by atoms with Crippen molar-refractivity contribution in [3.63, 3.8) is 0 Å². The van der Waals surface area contributed by atoms with E-state index in [9.17, 15) is 8.42 Å². The van der Waals surface area contributed by atoms with E-state index >= 15 is 0 Å². The van der Waals surface area contributed by atoms with Gasteiger partial charge in [-0.05, 0) is 52.6 Å². The predicted molar refractivity (Wildman–Crippen MR) is 80.2 cm³/mol. The Morgan fingerprint density at radius 1 is 1.20 bits per heavy atom. The molecule has 0 aromatic heterocycles. The third-order valence-electron chi connectivity index (χ3n) is 4.58. The molecule has 6 heteroatoms. The maximum atomic E-state index is 12.0. The summed E-state index contributed by atoms with van der Waals surface area (Å²) in [4.78, 5) is 2.48. The third kappa shape index (κ3) is 4.16. The molecule has 0 aliphatic carbocycles. The molecule has 2 rings (SSSR count). The molecule has 0 amide bonds. The molecular weight excluding hydrogens is 276 g/mol. The molecule has 0 radical (unpaired) electrons. The first-order valence-corrected chi connectivity index (χ1v) is 9.27. The van der Waals surface area contributed by atoms with Crippen LogP contribution < -0.4 is 4.72 Å². The first kappa shape index (κ1) is 16.2. The molecule has 0 spiro atoms. The van der Waals surface area contributed by atoms with Gasteiger partial charge in [0.15, 0.2) is 0 Å². The quantitative estimate of drug-likeness (QED) is 0.801. The Morgan fingerprint density at radius 3 is 2.35 bits per heavy atom. The molecular formula is C14H28N2O3S. The molecule has 2 saturated heterocycles. The lowest BCUT2D eigenvalue weighted by Crippen LogP contribution is -2.48. The van der Waals surface area contributed by atoms with Crippen molar-refractivity contribution >= 4 is 10.0 Å². The summed E-state index contributed by atoms with van der Waals surface area (Å²) in [5.74, 6) is 0. The van der Waals surface area contributed by atoms with Gasteiger partial charge in [0.25, 0.3) is 0 Å². The molecule has 0 saturated carbocycles. The Hall–Kier alpha value is -0.170. The highest BCUT2D eigenvalue weighted by atomic mass is 32.2. The number of hydrogen-bond acceptors (Lipinski definition) is 4. The van der Waals surface area contributed by atoms with E-state index in [1.165, 1.54) is 12.8 Å². The van der Waals surface area contributed by atoms with Crippen molar-refractivity contribution in [2.45, 2.75) is 44.8 Å². The Balaban J connectivity index is 1.99. The second-order valence-electron chi connectivity index (χ2n) is 6.51. The van der Waals surface area contributed by atoms with Crippen molar-refractivity contribution < 1.29 is 13.2 Å². The fraction of sp³-hybridized carbons (Fsp3) is 1.00. The maximum absolute atomic E-state index is 12.0. The van der Waals surface area contributed by atoms with E-state index in [1.807, 2.05) is 0 Å². The van der Waals surface area contributed by atoms with Crippen LogP contribution >= 0.6 is 0 Å². The average molecular weight is 304 g/mol. The summed E-state index contributed by atoms with van der Waals surface area (Å²) in [6.07, 6.45) is 4.43. The highest BCUT2D eigenvalue weighted by Crippen LogP contribution is 2.32. The number of nitrogens with zero attached hydrogens (tertiary/aromatic N) is 1. The Bertz CT molecular complexity index is 397. The zero-order valence-corrected chi connectivity index (χ0v) is 13.5. The number of nitrogens with one attached hydrogen (secondary N) is 1. The first-order chi connectivity index (χ1) is 9.44.